The zero-order valence-electron chi connectivity index (χ0n) is 16.5. The molecule has 3 rings (SSSR count). The number of rotatable bonds is 8. The van der Waals surface area contributed by atoms with Crippen molar-refractivity contribution in [3.05, 3.63) is 89.5 Å². The smallest absolute Gasteiger partial charge is 0.337 e. The van der Waals surface area contributed by atoms with Crippen LogP contribution in [0.2, 0.25) is 0 Å². The van der Waals surface area contributed by atoms with E-state index in [1.54, 1.807) is 0 Å². The highest BCUT2D eigenvalue weighted by atomic mass is 32.2. The van der Waals surface area contributed by atoms with Gasteiger partial charge in [0.1, 0.15) is 16.5 Å². The van der Waals surface area contributed by atoms with Gasteiger partial charge in [0.15, 0.2) is 0 Å². The van der Waals surface area contributed by atoms with Crippen LogP contribution < -0.4 is 9.62 Å². The highest BCUT2D eigenvalue weighted by molar-refractivity contribution is 7.92. The van der Waals surface area contributed by atoms with Gasteiger partial charge in [-0.15, -0.1) is 0 Å². The normalized spacial score (nSPS) is 11.2. The van der Waals surface area contributed by atoms with Crippen LogP contribution in [0.3, 0.4) is 0 Å². The molecule has 3 aromatic rings. The Morgan fingerprint density at radius 3 is 2.39 bits per heavy atom. The quantitative estimate of drug-likeness (QED) is 0.532. The minimum absolute atomic E-state index is 0.0828. The van der Waals surface area contributed by atoms with Gasteiger partial charge in [0.25, 0.3) is 10.0 Å². The Bertz CT molecular complexity index is 1200. The summed E-state index contributed by atoms with van der Waals surface area (Å²) >= 11 is 0. The maximum absolute atomic E-state index is 13.9. The summed E-state index contributed by atoms with van der Waals surface area (Å²) in [7, 11) is -4.47. The average Bonchev–Trinajstić information content (AvgIpc) is 2.74. The van der Waals surface area contributed by atoms with Gasteiger partial charge in [0.2, 0.25) is 0 Å². The summed E-state index contributed by atoms with van der Waals surface area (Å²) in [6, 6.07) is 15.6. The first-order valence-corrected chi connectivity index (χ1v) is 10.8. The fraction of sp³-hybridized carbons (Fsp3) is 0.136. The van der Waals surface area contributed by atoms with Gasteiger partial charge in [-0.25, -0.2) is 22.0 Å². The van der Waals surface area contributed by atoms with E-state index in [4.69, 9.17) is 0 Å². The lowest BCUT2D eigenvalue weighted by atomic mass is 10.1. The third-order valence-corrected chi connectivity index (χ3v) is 6.00. The third-order valence-electron chi connectivity index (χ3n) is 4.60. The number of halogens is 2. The molecule has 6 nitrogen and oxygen atoms in total. The Labute approximate surface area is 178 Å². The highest BCUT2D eigenvalue weighted by Crippen LogP contribution is 2.28. The molecule has 0 unspecified atom stereocenters. The highest BCUT2D eigenvalue weighted by Gasteiger charge is 2.22. The molecule has 9 heteroatoms. The summed E-state index contributed by atoms with van der Waals surface area (Å²) in [4.78, 5) is 12.8. The molecular weight excluding hydrogens is 426 g/mol. The second kappa shape index (κ2) is 9.13. The van der Waals surface area contributed by atoms with Crippen molar-refractivity contribution in [1.82, 2.24) is 0 Å². The number of anilines is 2. The molecule has 0 amide bonds. The fourth-order valence-corrected chi connectivity index (χ4v) is 4.25. The number of nitrogens with zero attached hydrogens (tertiary/aromatic N) is 1. The number of hydrogen-bond acceptors (Lipinski definition) is 4. The number of sulfonamides is 1. The van der Waals surface area contributed by atoms with Crippen molar-refractivity contribution < 1.29 is 27.1 Å². The Morgan fingerprint density at radius 1 is 1.03 bits per heavy atom. The van der Waals surface area contributed by atoms with E-state index in [0.29, 0.717) is 30.9 Å². The summed E-state index contributed by atoms with van der Waals surface area (Å²) in [6.07, 6.45) is 0. The van der Waals surface area contributed by atoms with Crippen molar-refractivity contribution in [2.75, 3.05) is 16.2 Å². The fourth-order valence-electron chi connectivity index (χ4n) is 3.11. The van der Waals surface area contributed by atoms with Gasteiger partial charge in [-0.3, -0.25) is 4.72 Å². The van der Waals surface area contributed by atoms with E-state index in [2.05, 4.69) is 4.72 Å². The van der Waals surface area contributed by atoms with Crippen molar-refractivity contribution in [1.29, 1.82) is 0 Å². The first-order valence-electron chi connectivity index (χ1n) is 9.35. The molecule has 0 aliphatic carbocycles. The van der Waals surface area contributed by atoms with Crippen LogP contribution in [0.5, 0.6) is 0 Å². The first kappa shape index (κ1) is 22.2. The van der Waals surface area contributed by atoms with Crippen LogP contribution in [0.4, 0.5) is 20.2 Å². The lowest BCUT2D eigenvalue weighted by Gasteiger charge is -2.25. The largest absolute Gasteiger partial charge is 0.478 e. The van der Waals surface area contributed by atoms with Gasteiger partial charge in [-0.2, -0.15) is 0 Å². The summed E-state index contributed by atoms with van der Waals surface area (Å²) in [5.74, 6) is -3.29. The van der Waals surface area contributed by atoms with Crippen LogP contribution in [-0.4, -0.2) is 26.0 Å². The summed E-state index contributed by atoms with van der Waals surface area (Å²) in [5.41, 5.74) is 1.17. The molecule has 0 aromatic heterocycles. The Morgan fingerprint density at radius 2 is 1.74 bits per heavy atom. The van der Waals surface area contributed by atoms with E-state index < -0.39 is 32.5 Å². The zero-order valence-corrected chi connectivity index (χ0v) is 17.4. The molecule has 0 bridgehead atoms. The van der Waals surface area contributed by atoms with E-state index in [1.807, 2.05) is 42.2 Å². The summed E-state index contributed by atoms with van der Waals surface area (Å²) < 4.78 is 54.4. The molecule has 2 N–H and O–H groups in total. The van der Waals surface area contributed by atoms with E-state index in [-0.39, 0.29) is 11.3 Å². The Balaban J connectivity index is 1.94. The summed E-state index contributed by atoms with van der Waals surface area (Å²) in [6.45, 7) is 2.84. The van der Waals surface area contributed by atoms with E-state index in [1.165, 1.54) is 12.1 Å². The van der Waals surface area contributed by atoms with Gasteiger partial charge in [0, 0.05) is 18.8 Å². The van der Waals surface area contributed by atoms with Gasteiger partial charge in [0.05, 0.1) is 11.3 Å². The van der Waals surface area contributed by atoms with Crippen LogP contribution in [0.25, 0.3) is 0 Å². The second-order valence-corrected chi connectivity index (χ2v) is 8.37. The monoisotopic (exact) mass is 446 g/mol. The molecule has 0 aliphatic heterocycles. The molecular formula is C22H20F2N2O4S. The lowest BCUT2D eigenvalue weighted by molar-refractivity contribution is 0.0697. The molecule has 0 radical (unpaired) electrons. The molecule has 0 fully saturated rings. The minimum Gasteiger partial charge on any atom is -0.478 e. The topological polar surface area (TPSA) is 86.7 Å². The first-order chi connectivity index (χ1) is 14.7. The van der Waals surface area contributed by atoms with E-state index >= 15 is 0 Å². The second-order valence-electron chi connectivity index (χ2n) is 6.72. The van der Waals surface area contributed by atoms with Crippen LogP contribution in [-0.2, 0) is 16.6 Å². The summed E-state index contributed by atoms with van der Waals surface area (Å²) in [5, 5.41) is 9.68. The molecule has 0 spiro atoms. The number of carbonyl (C=O) groups is 1. The van der Waals surface area contributed by atoms with Gasteiger partial charge in [-0.1, -0.05) is 30.3 Å². The molecule has 0 heterocycles. The lowest BCUT2D eigenvalue weighted by Crippen LogP contribution is -2.24. The standard InChI is InChI=1S/C22H20F2N2O4S/c1-2-26(14-15-6-4-3-5-7-15)20-11-9-17(13-18(20)22(27)28)25-31(29,30)21-12-16(23)8-10-19(21)24/h3-13,25H,2,14H2,1H3,(H,27,28). The maximum atomic E-state index is 13.9. The molecule has 162 valence electrons. The molecule has 3 aromatic carbocycles. The van der Waals surface area contributed by atoms with Crippen molar-refractivity contribution in [3.63, 3.8) is 0 Å². The van der Waals surface area contributed by atoms with E-state index in [0.717, 1.165) is 17.7 Å². The maximum Gasteiger partial charge on any atom is 0.337 e. The number of hydrogen-bond donors (Lipinski definition) is 2. The number of nitrogens with one attached hydrogen (secondary N) is 1. The predicted octanol–water partition coefficient (Wildman–Crippen LogP) is 4.49. The van der Waals surface area contributed by atoms with Crippen molar-refractivity contribution in [2.45, 2.75) is 18.4 Å². The number of carboxylic acid groups (broad SMARTS) is 1. The molecule has 0 saturated carbocycles. The van der Waals surface area contributed by atoms with E-state index in [9.17, 15) is 27.1 Å². The Kier molecular flexibility index (Phi) is 6.55. The van der Waals surface area contributed by atoms with Gasteiger partial charge in [-0.05, 0) is 48.9 Å². The zero-order chi connectivity index (χ0) is 22.6. The van der Waals surface area contributed by atoms with Crippen molar-refractivity contribution in [3.8, 4) is 0 Å². The number of aromatic carboxylic acids is 1. The van der Waals surface area contributed by atoms with Crippen LogP contribution in [0, 0.1) is 11.6 Å². The average molecular weight is 446 g/mol. The molecule has 0 atom stereocenters. The van der Waals surface area contributed by atoms with Crippen molar-refractivity contribution >= 4 is 27.4 Å². The van der Waals surface area contributed by atoms with Gasteiger partial charge >= 0.3 is 5.97 Å². The number of carboxylic acids is 1. The Hall–Kier alpha value is -3.46. The molecule has 0 aliphatic rings. The predicted molar refractivity (Wildman–Crippen MR) is 114 cm³/mol. The van der Waals surface area contributed by atoms with Crippen LogP contribution >= 0.6 is 0 Å². The van der Waals surface area contributed by atoms with Gasteiger partial charge < -0.3 is 10.0 Å². The number of benzene rings is 3. The van der Waals surface area contributed by atoms with Crippen LogP contribution in [0.1, 0.15) is 22.8 Å². The van der Waals surface area contributed by atoms with Crippen molar-refractivity contribution in [2.24, 2.45) is 0 Å². The minimum atomic E-state index is -4.47. The molecule has 0 saturated heterocycles. The molecule has 31 heavy (non-hydrogen) atoms. The van der Waals surface area contributed by atoms with Crippen LogP contribution in [0.15, 0.2) is 71.6 Å². The third kappa shape index (κ3) is 5.18. The SMILES string of the molecule is CCN(Cc1ccccc1)c1ccc(NS(=O)(=O)c2cc(F)ccc2F)cc1C(=O)O.